The molecule has 0 saturated carbocycles. The first-order valence-electron chi connectivity index (χ1n) is 7.61. The van der Waals surface area contributed by atoms with Crippen molar-refractivity contribution in [2.75, 3.05) is 14.2 Å². The van der Waals surface area contributed by atoms with Crippen molar-refractivity contribution >= 4 is 11.9 Å². The van der Waals surface area contributed by atoms with Gasteiger partial charge in [0.05, 0.1) is 25.9 Å². The van der Waals surface area contributed by atoms with E-state index in [2.05, 4.69) is 0 Å². The summed E-state index contributed by atoms with van der Waals surface area (Å²) in [6.07, 6.45) is -8.18. The predicted molar refractivity (Wildman–Crippen MR) is 84.5 cm³/mol. The number of aliphatic hydroxyl groups is 3. The van der Waals surface area contributed by atoms with E-state index >= 15 is 0 Å². The van der Waals surface area contributed by atoms with Crippen LogP contribution >= 0.6 is 0 Å². The number of benzene rings is 1. The number of carboxylic acid groups (broad SMARTS) is 2. The van der Waals surface area contributed by atoms with E-state index in [-0.39, 0.29) is 23.5 Å². The lowest BCUT2D eigenvalue weighted by Gasteiger charge is -2.39. The van der Waals surface area contributed by atoms with E-state index in [9.17, 15) is 24.9 Å². The Kier molecular flexibility index (Phi) is 6.03. The second kappa shape index (κ2) is 7.87. The lowest BCUT2D eigenvalue weighted by atomic mass is 9.90. The first kappa shape index (κ1) is 19.9. The zero-order valence-electron chi connectivity index (χ0n) is 14.0. The van der Waals surface area contributed by atoms with Gasteiger partial charge in [0.1, 0.15) is 29.8 Å². The normalized spacial score (nSPS) is 28.4. The van der Waals surface area contributed by atoms with Gasteiger partial charge in [0, 0.05) is 12.0 Å². The molecule has 5 atom stereocenters. The van der Waals surface area contributed by atoms with Gasteiger partial charge in [-0.2, -0.15) is 0 Å². The van der Waals surface area contributed by atoms with E-state index in [4.69, 9.17) is 24.4 Å². The molecule has 1 aliphatic heterocycles. The van der Waals surface area contributed by atoms with Crippen LogP contribution in [0.1, 0.15) is 15.9 Å². The minimum absolute atomic E-state index is 0.0913. The minimum atomic E-state index is -1.79. The maximum Gasteiger partial charge on any atom is 0.335 e. The average Bonchev–Trinajstić information content (AvgIpc) is 2.61. The molecule has 0 radical (unpaired) electrons. The Morgan fingerprint density at radius 3 is 1.96 bits per heavy atom. The van der Waals surface area contributed by atoms with Crippen molar-refractivity contribution in [3.8, 4) is 11.5 Å². The van der Waals surface area contributed by atoms with Crippen LogP contribution in [0, 0.1) is 0 Å². The Balaban J connectivity index is 2.39. The molecule has 1 aromatic carbocycles. The van der Waals surface area contributed by atoms with E-state index in [1.54, 1.807) is 0 Å². The van der Waals surface area contributed by atoms with Crippen LogP contribution in [0.15, 0.2) is 12.1 Å². The SMILES string of the molecule is COc1cc(C(=O)O)cc(OC)c1C[C@@H]1O[C@H](C(=O)O)[C@@H](O)[C@H](O)[C@H]1O. The molecule has 1 aromatic rings. The molecular formula is C16H20O10. The summed E-state index contributed by atoms with van der Waals surface area (Å²) in [7, 11) is 2.61. The van der Waals surface area contributed by atoms with Crippen LogP contribution in [0.25, 0.3) is 0 Å². The summed E-state index contributed by atoms with van der Waals surface area (Å²) in [6, 6.07) is 2.49. The Bertz CT molecular complexity index is 663. The number of carbonyl (C=O) groups is 2. The number of hydrogen-bond acceptors (Lipinski definition) is 8. The van der Waals surface area contributed by atoms with Gasteiger partial charge >= 0.3 is 11.9 Å². The topological polar surface area (TPSA) is 163 Å². The van der Waals surface area contributed by atoms with Crippen LogP contribution in [-0.4, -0.2) is 82.2 Å². The molecule has 1 heterocycles. The lowest BCUT2D eigenvalue weighted by molar-refractivity contribution is -0.227. The molecule has 0 spiro atoms. The van der Waals surface area contributed by atoms with Gasteiger partial charge in [-0.25, -0.2) is 9.59 Å². The molecule has 1 saturated heterocycles. The molecular weight excluding hydrogens is 352 g/mol. The summed E-state index contributed by atoms with van der Waals surface area (Å²) in [5, 5.41) is 48.0. The summed E-state index contributed by atoms with van der Waals surface area (Å²) in [5.41, 5.74) is 0.225. The van der Waals surface area contributed by atoms with Gasteiger partial charge in [-0.05, 0) is 12.1 Å². The standard InChI is InChI=1S/C16H20O10/c1-24-8-3-6(15(20)21)4-9(25-2)7(8)5-10-11(17)12(18)13(19)14(26-10)16(22)23/h3-4,10-14,17-19H,5H2,1-2H3,(H,20,21)(H,22,23)/t10-,11-,12+,13-,14-/m0/s1. The third-order valence-electron chi connectivity index (χ3n) is 4.22. The number of rotatable bonds is 6. The molecule has 10 heteroatoms. The van der Waals surface area contributed by atoms with Crippen molar-refractivity contribution in [2.24, 2.45) is 0 Å². The zero-order chi connectivity index (χ0) is 19.6. The van der Waals surface area contributed by atoms with Gasteiger partial charge in [-0.15, -0.1) is 0 Å². The van der Waals surface area contributed by atoms with Gasteiger partial charge < -0.3 is 39.7 Å². The van der Waals surface area contributed by atoms with E-state index in [1.807, 2.05) is 0 Å². The summed E-state index contributed by atoms with van der Waals surface area (Å²) in [4.78, 5) is 22.4. The number of hydrogen-bond donors (Lipinski definition) is 5. The van der Waals surface area contributed by atoms with Crippen LogP contribution in [0.4, 0.5) is 0 Å². The average molecular weight is 372 g/mol. The molecule has 2 rings (SSSR count). The number of aromatic carboxylic acids is 1. The van der Waals surface area contributed by atoms with Gasteiger partial charge in [0.2, 0.25) is 0 Å². The second-order valence-electron chi connectivity index (χ2n) is 5.77. The fourth-order valence-corrected chi connectivity index (χ4v) is 2.83. The highest BCUT2D eigenvalue weighted by atomic mass is 16.6. The first-order chi connectivity index (χ1) is 12.2. The van der Waals surface area contributed by atoms with Crippen molar-refractivity contribution in [3.05, 3.63) is 23.3 Å². The predicted octanol–water partition coefficient (Wildman–Crippen LogP) is -1.12. The van der Waals surface area contributed by atoms with Gasteiger partial charge in [-0.3, -0.25) is 0 Å². The van der Waals surface area contributed by atoms with E-state index in [0.29, 0.717) is 5.56 Å². The highest BCUT2D eigenvalue weighted by Gasteiger charge is 2.47. The molecule has 0 bridgehead atoms. The highest BCUT2D eigenvalue weighted by molar-refractivity contribution is 5.89. The summed E-state index contributed by atoms with van der Waals surface area (Å²) in [6.45, 7) is 0. The maximum absolute atomic E-state index is 11.2. The number of aliphatic hydroxyl groups excluding tert-OH is 3. The first-order valence-corrected chi connectivity index (χ1v) is 7.61. The van der Waals surface area contributed by atoms with Gasteiger partial charge in [0.25, 0.3) is 0 Å². The Labute approximate surface area is 148 Å². The van der Waals surface area contributed by atoms with Crippen LogP contribution in [0.3, 0.4) is 0 Å². The molecule has 1 aliphatic rings. The molecule has 0 unspecified atom stereocenters. The van der Waals surface area contributed by atoms with E-state index < -0.39 is 42.5 Å². The van der Waals surface area contributed by atoms with Crippen LogP contribution in [0.5, 0.6) is 11.5 Å². The fourth-order valence-electron chi connectivity index (χ4n) is 2.83. The number of ether oxygens (including phenoxy) is 3. The molecule has 0 aromatic heterocycles. The monoisotopic (exact) mass is 372 g/mol. The van der Waals surface area contributed by atoms with E-state index in [0.717, 1.165) is 0 Å². The quantitative estimate of drug-likeness (QED) is 0.413. The fraction of sp³-hybridized carbons (Fsp3) is 0.500. The van der Waals surface area contributed by atoms with Gasteiger partial charge in [-0.1, -0.05) is 0 Å². The summed E-state index contributed by atoms with van der Waals surface area (Å²) in [5.74, 6) is -2.43. The van der Waals surface area contributed by atoms with Crippen molar-refractivity contribution in [2.45, 2.75) is 36.9 Å². The largest absolute Gasteiger partial charge is 0.496 e. The van der Waals surface area contributed by atoms with Crippen molar-refractivity contribution < 1.29 is 49.3 Å². The molecule has 26 heavy (non-hydrogen) atoms. The zero-order valence-corrected chi connectivity index (χ0v) is 14.0. The number of carboxylic acids is 2. The van der Waals surface area contributed by atoms with Crippen LogP contribution in [-0.2, 0) is 16.0 Å². The Morgan fingerprint density at radius 2 is 1.54 bits per heavy atom. The maximum atomic E-state index is 11.2. The van der Waals surface area contributed by atoms with E-state index in [1.165, 1.54) is 26.4 Å². The molecule has 144 valence electrons. The van der Waals surface area contributed by atoms with Crippen LogP contribution in [0.2, 0.25) is 0 Å². The van der Waals surface area contributed by atoms with Gasteiger partial charge in [0.15, 0.2) is 6.10 Å². The minimum Gasteiger partial charge on any atom is -0.496 e. The Morgan fingerprint density at radius 1 is 1.00 bits per heavy atom. The molecule has 1 fully saturated rings. The molecule has 10 nitrogen and oxygen atoms in total. The van der Waals surface area contributed by atoms with Crippen molar-refractivity contribution in [1.82, 2.24) is 0 Å². The third kappa shape index (κ3) is 3.73. The number of aliphatic carboxylic acids is 1. The Hall–Kier alpha value is -2.40. The number of methoxy groups -OCH3 is 2. The van der Waals surface area contributed by atoms with Crippen molar-refractivity contribution in [3.63, 3.8) is 0 Å². The van der Waals surface area contributed by atoms with Crippen LogP contribution < -0.4 is 9.47 Å². The summed E-state index contributed by atoms with van der Waals surface area (Å²) >= 11 is 0. The molecule has 5 N–H and O–H groups in total. The highest BCUT2D eigenvalue weighted by Crippen LogP contribution is 2.34. The molecule has 0 aliphatic carbocycles. The second-order valence-corrected chi connectivity index (χ2v) is 5.77. The lowest BCUT2D eigenvalue weighted by Crippen LogP contribution is -2.60. The third-order valence-corrected chi connectivity index (χ3v) is 4.22. The summed E-state index contributed by atoms with van der Waals surface area (Å²) < 4.78 is 15.6. The molecule has 0 amide bonds. The smallest absolute Gasteiger partial charge is 0.335 e. The van der Waals surface area contributed by atoms with Crippen molar-refractivity contribution in [1.29, 1.82) is 0 Å².